The Hall–Kier alpha value is -0.830. The summed E-state index contributed by atoms with van der Waals surface area (Å²) in [5, 5.41) is 18.4. The molecule has 0 aromatic carbocycles. The Balaban J connectivity index is 2.35. The number of aliphatic hydroxyl groups is 2. The summed E-state index contributed by atoms with van der Waals surface area (Å²) in [7, 11) is -4.68. The summed E-state index contributed by atoms with van der Waals surface area (Å²) >= 11 is 0. The number of ketones is 1. The number of aliphatic hydroxyl groups excluding tert-OH is 2. The second-order valence-corrected chi connectivity index (χ2v) is 9.20. The van der Waals surface area contributed by atoms with Crippen LogP contribution in [-0.4, -0.2) is 58.4 Å². The monoisotopic (exact) mass is 452 g/mol. The third-order valence-corrected chi connectivity index (χ3v) is 6.24. The van der Waals surface area contributed by atoms with Crippen LogP contribution in [-0.2, 0) is 27.9 Å². The smallest absolute Gasteiger partial charge is 0.449 e. The molecule has 0 spiro atoms. The van der Waals surface area contributed by atoms with E-state index in [-0.39, 0.29) is 12.5 Å². The summed E-state index contributed by atoms with van der Waals surface area (Å²) in [6.45, 7) is 3.32. The molecular formula is C20H37O9P. The molecule has 10 heteroatoms. The molecule has 1 aliphatic heterocycles. The van der Waals surface area contributed by atoms with Crippen molar-refractivity contribution in [2.45, 2.75) is 96.4 Å². The van der Waals surface area contributed by atoms with Crippen LogP contribution in [0, 0.1) is 5.92 Å². The molecule has 4 unspecified atom stereocenters. The van der Waals surface area contributed by atoms with Crippen molar-refractivity contribution in [2.24, 2.45) is 5.92 Å². The number of Topliss-reactive ketones (excluding diaryl/α,β-unsaturated/α-hetero) is 1. The summed E-state index contributed by atoms with van der Waals surface area (Å²) in [4.78, 5) is 33.7. The number of unbranched alkanes of at least 4 members (excludes halogenated alkanes) is 7. The molecular weight excluding hydrogens is 415 g/mol. The van der Waals surface area contributed by atoms with E-state index < -0.39 is 44.5 Å². The van der Waals surface area contributed by atoms with Gasteiger partial charge in [-0.2, -0.15) is 0 Å². The van der Waals surface area contributed by atoms with Crippen LogP contribution in [0.5, 0.6) is 0 Å². The van der Waals surface area contributed by atoms with Crippen LogP contribution in [0.2, 0.25) is 0 Å². The van der Waals surface area contributed by atoms with Gasteiger partial charge in [0, 0.05) is 0 Å². The lowest BCUT2D eigenvalue weighted by Crippen LogP contribution is -2.37. The van der Waals surface area contributed by atoms with Crippen molar-refractivity contribution < 1.29 is 43.0 Å². The van der Waals surface area contributed by atoms with E-state index in [1.54, 1.807) is 0 Å². The minimum Gasteiger partial charge on any atom is -0.449 e. The second-order valence-electron chi connectivity index (χ2n) is 7.80. The fourth-order valence-corrected chi connectivity index (χ4v) is 4.22. The Labute approximate surface area is 178 Å². The SMILES string of the molecule is CCCCCCCCCCC(CC)COP(=O)(O)OC1C(=O)O[C@H](C(O)CO)C1=O. The molecule has 0 aromatic heterocycles. The molecule has 0 aromatic rings. The maximum atomic E-state index is 12.2. The van der Waals surface area contributed by atoms with E-state index in [0.29, 0.717) is 0 Å². The van der Waals surface area contributed by atoms with E-state index >= 15 is 0 Å². The number of esters is 1. The molecule has 30 heavy (non-hydrogen) atoms. The molecule has 1 rings (SSSR count). The van der Waals surface area contributed by atoms with Crippen molar-refractivity contribution in [1.82, 2.24) is 0 Å². The average molecular weight is 452 g/mol. The van der Waals surface area contributed by atoms with Gasteiger partial charge in [0.15, 0.2) is 6.10 Å². The van der Waals surface area contributed by atoms with E-state index in [4.69, 9.17) is 14.2 Å². The van der Waals surface area contributed by atoms with Crippen LogP contribution >= 0.6 is 7.82 Å². The molecule has 0 saturated carbocycles. The lowest BCUT2D eigenvalue weighted by atomic mass is 9.98. The second kappa shape index (κ2) is 14.3. The van der Waals surface area contributed by atoms with E-state index in [1.807, 2.05) is 6.92 Å². The Morgan fingerprint density at radius 1 is 1.07 bits per heavy atom. The van der Waals surface area contributed by atoms with Crippen LogP contribution in [0.1, 0.15) is 78.1 Å². The number of carbonyl (C=O) groups excluding carboxylic acids is 2. The summed E-state index contributed by atoms with van der Waals surface area (Å²) in [6.07, 6.45) is 5.97. The minimum absolute atomic E-state index is 0.0283. The Bertz CT molecular complexity index is 568. The highest BCUT2D eigenvalue weighted by atomic mass is 31.2. The van der Waals surface area contributed by atoms with Crippen molar-refractivity contribution in [3.05, 3.63) is 0 Å². The third-order valence-electron chi connectivity index (χ3n) is 5.29. The highest BCUT2D eigenvalue weighted by Crippen LogP contribution is 2.46. The Morgan fingerprint density at radius 3 is 2.23 bits per heavy atom. The first-order valence-corrected chi connectivity index (χ1v) is 12.4. The highest BCUT2D eigenvalue weighted by molar-refractivity contribution is 7.47. The van der Waals surface area contributed by atoms with E-state index in [0.717, 1.165) is 25.7 Å². The predicted molar refractivity (Wildman–Crippen MR) is 110 cm³/mol. The molecule has 0 bridgehead atoms. The maximum absolute atomic E-state index is 12.2. The lowest BCUT2D eigenvalue weighted by Gasteiger charge is -2.19. The van der Waals surface area contributed by atoms with Gasteiger partial charge in [-0.25, -0.2) is 9.36 Å². The van der Waals surface area contributed by atoms with Gasteiger partial charge in [0.25, 0.3) is 0 Å². The highest BCUT2D eigenvalue weighted by Gasteiger charge is 2.50. The van der Waals surface area contributed by atoms with Crippen molar-refractivity contribution >= 4 is 19.6 Å². The van der Waals surface area contributed by atoms with Crippen LogP contribution in [0.3, 0.4) is 0 Å². The molecule has 5 atom stereocenters. The zero-order chi connectivity index (χ0) is 22.6. The van der Waals surface area contributed by atoms with Gasteiger partial charge in [0.2, 0.25) is 11.9 Å². The van der Waals surface area contributed by atoms with E-state index in [1.165, 1.54) is 38.5 Å². The van der Waals surface area contributed by atoms with Crippen LogP contribution in [0.25, 0.3) is 0 Å². The van der Waals surface area contributed by atoms with Gasteiger partial charge < -0.3 is 19.8 Å². The quantitative estimate of drug-likeness (QED) is 0.131. The largest absolute Gasteiger partial charge is 0.473 e. The fourth-order valence-electron chi connectivity index (χ4n) is 3.30. The van der Waals surface area contributed by atoms with Crippen LogP contribution in [0.4, 0.5) is 0 Å². The number of hydrogen-bond acceptors (Lipinski definition) is 8. The van der Waals surface area contributed by atoms with Crippen molar-refractivity contribution in [3.63, 3.8) is 0 Å². The zero-order valence-electron chi connectivity index (χ0n) is 18.0. The van der Waals surface area contributed by atoms with Crippen molar-refractivity contribution in [2.75, 3.05) is 13.2 Å². The summed E-state index contributed by atoms with van der Waals surface area (Å²) in [5.74, 6) is -2.16. The van der Waals surface area contributed by atoms with Gasteiger partial charge in [0.05, 0.1) is 13.2 Å². The molecule has 1 aliphatic rings. The molecule has 1 heterocycles. The Kier molecular flexibility index (Phi) is 12.9. The predicted octanol–water partition coefficient (Wildman–Crippen LogP) is 2.89. The molecule has 9 nitrogen and oxygen atoms in total. The molecule has 0 aliphatic carbocycles. The van der Waals surface area contributed by atoms with Gasteiger partial charge in [-0.3, -0.25) is 13.8 Å². The topological polar surface area (TPSA) is 140 Å². The summed E-state index contributed by atoms with van der Waals surface area (Å²) in [5.41, 5.74) is 0. The first-order valence-electron chi connectivity index (χ1n) is 10.9. The molecule has 176 valence electrons. The summed E-state index contributed by atoms with van der Waals surface area (Å²) in [6, 6.07) is 0. The molecule has 3 N–H and O–H groups in total. The number of carbonyl (C=O) groups is 2. The van der Waals surface area contributed by atoms with Gasteiger partial charge in [-0.15, -0.1) is 0 Å². The van der Waals surface area contributed by atoms with Crippen molar-refractivity contribution in [3.8, 4) is 0 Å². The molecule has 1 saturated heterocycles. The van der Waals surface area contributed by atoms with Gasteiger partial charge in [0.1, 0.15) is 6.10 Å². The first-order chi connectivity index (χ1) is 14.3. The number of phosphoric ester groups is 1. The number of phosphoric acid groups is 1. The lowest BCUT2D eigenvalue weighted by molar-refractivity contribution is -0.151. The zero-order valence-corrected chi connectivity index (χ0v) is 18.9. The normalized spacial score (nSPS) is 23.2. The van der Waals surface area contributed by atoms with Gasteiger partial charge >= 0.3 is 13.8 Å². The third kappa shape index (κ3) is 9.54. The summed E-state index contributed by atoms with van der Waals surface area (Å²) < 4.78 is 26.5. The number of ether oxygens (including phenoxy) is 1. The van der Waals surface area contributed by atoms with E-state index in [9.17, 15) is 24.2 Å². The Morgan fingerprint density at radius 2 is 1.67 bits per heavy atom. The number of hydrogen-bond donors (Lipinski definition) is 3. The minimum atomic E-state index is -4.68. The number of rotatable bonds is 17. The molecule has 0 amide bonds. The van der Waals surface area contributed by atoms with Crippen LogP contribution < -0.4 is 0 Å². The fraction of sp³-hybridized carbons (Fsp3) is 0.900. The number of cyclic esters (lactones) is 1. The van der Waals surface area contributed by atoms with Crippen LogP contribution in [0.15, 0.2) is 0 Å². The standard InChI is InChI=1S/C20H37O9P/c1-3-5-6-7-8-9-10-11-12-15(4-2)14-27-30(25,26)29-19-17(23)18(16(22)13-21)28-20(19)24/h15-16,18-19,21-22H,3-14H2,1-2H3,(H,25,26)/t15?,16?,18-,19?/m1/s1. The van der Waals surface area contributed by atoms with Gasteiger partial charge in [-0.05, 0) is 12.3 Å². The molecule has 1 fully saturated rings. The van der Waals surface area contributed by atoms with Gasteiger partial charge in [-0.1, -0.05) is 71.6 Å². The van der Waals surface area contributed by atoms with E-state index in [2.05, 4.69) is 11.7 Å². The maximum Gasteiger partial charge on any atom is 0.473 e. The molecule has 0 radical (unpaired) electrons. The first kappa shape index (κ1) is 27.2. The van der Waals surface area contributed by atoms with Crippen molar-refractivity contribution in [1.29, 1.82) is 0 Å². The average Bonchev–Trinajstić information content (AvgIpc) is 2.99.